The molecule has 1 aromatic heterocycles. The van der Waals surface area contributed by atoms with E-state index < -0.39 is 5.60 Å². The number of hydrogen-bond donors (Lipinski definition) is 2. The van der Waals surface area contributed by atoms with E-state index >= 15 is 0 Å². The van der Waals surface area contributed by atoms with E-state index in [2.05, 4.69) is 15.0 Å². The Bertz CT molecular complexity index is 460. The lowest BCUT2D eigenvalue weighted by atomic mass is 10.0. The number of nitrogens with zero attached hydrogens (tertiary/aromatic N) is 4. The molecule has 0 atom stereocenters. The zero-order valence-corrected chi connectivity index (χ0v) is 12.3. The van der Waals surface area contributed by atoms with E-state index in [1.807, 2.05) is 20.9 Å². The third kappa shape index (κ3) is 3.69. The average molecular weight is 281 g/mol. The minimum absolute atomic E-state index is 0.0334. The van der Waals surface area contributed by atoms with Crippen LogP contribution < -0.4 is 15.4 Å². The second-order valence-corrected chi connectivity index (χ2v) is 5.73. The minimum atomic E-state index is -0.658. The van der Waals surface area contributed by atoms with Crippen molar-refractivity contribution in [3.05, 3.63) is 0 Å². The highest BCUT2D eigenvalue weighted by molar-refractivity contribution is 5.35. The van der Waals surface area contributed by atoms with E-state index in [-0.39, 0.29) is 18.1 Å². The van der Waals surface area contributed by atoms with Crippen LogP contribution in [0.2, 0.25) is 0 Å². The van der Waals surface area contributed by atoms with Crippen molar-refractivity contribution in [3.63, 3.8) is 0 Å². The number of aromatic nitrogens is 3. The van der Waals surface area contributed by atoms with Crippen LogP contribution in [0.25, 0.3) is 0 Å². The van der Waals surface area contributed by atoms with E-state index in [9.17, 15) is 5.11 Å². The van der Waals surface area contributed by atoms with Crippen LogP contribution in [0.5, 0.6) is 6.01 Å². The maximum absolute atomic E-state index is 10.4. The van der Waals surface area contributed by atoms with Gasteiger partial charge in [-0.2, -0.15) is 15.0 Å². The summed E-state index contributed by atoms with van der Waals surface area (Å²) in [6, 6.07) is 0.216. The molecule has 7 heteroatoms. The zero-order chi connectivity index (χ0) is 14.8. The molecule has 1 aliphatic carbocycles. The summed E-state index contributed by atoms with van der Waals surface area (Å²) < 4.78 is 5.45. The summed E-state index contributed by atoms with van der Waals surface area (Å²) in [6.07, 6.45) is 3.71. The van der Waals surface area contributed by atoms with Crippen molar-refractivity contribution in [3.8, 4) is 6.01 Å². The summed E-state index contributed by atoms with van der Waals surface area (Å²) in [5.41, 5.74) is 5.03. The molecule has 1 aromatic rings. The largest absolute Gasteiger partial charge is 0.461 e. The van der Waals surface area contributed by atoms with Crippen LogP contribution >= 0.6 is 0 Å². The standard InChI is InChI=1S/C13H23N5O2/c1-9(2)20-12-16-10(14)15-11(17-12)18(3)8-13(19)6-4-5-7-13/h9,19H,4-8H2,1-3H3,(H2,14,15,16,17). The Balaban J connectivity index is 2.12. The number of aliphatic hydroxyl groups is 1. The number of nitrogen functional groups attached to an aromatic ring is 1. The molecule has 3 N–H and O–H groups in total. The fourth-order valence-electron chi connectivity index (χ4n) is 2.50. The van der Waals surface area contributed by atoms with E-state index in [0.29, 0.717) is 12.5 Å². The Morgan fingerprint density at radius 2 is 1.95 bits per heavy atom. The average Bonchev–Trinajstić information content (AvgIpc) is 2.74. The van der Waals surface area contributed by atoms with Crippen LogP contribution in [0.15, 0.2) is 0 Å². The van der Waals surface area contributed by atoms with Gasteiger partial charge in [-0.15, -0.1) is 0 Å². The number of rotatable bonds is 5. The molecule has 0 unspecified atom stereocenters. The first kappa shape index (κ1) is 14.8. The third-order valence-corrected chi connectivity index (χ3v) is 3.37. The quantitative estimate of drug-likeness (QED) is 0.830. The predicted molar refractivity (Wildman–Crippen MR) is 76.7 cm³/mol. The highest BCUT2D eigenvalue weighted by Gasteiger charge is 2.33. The minimum Gasteiger partial charge on any atom is -0.461 e. The predicted octanol–water partition coefficient (Wildman–Crippen LogP) is 0.982. The smallest absolute Gasteiger partial charge is 0.323 e. The topological polar surface area (TPSA) is 97.4 Å². The molecule has 0 bridgehead atoms. The van der Waals surface area contributed by atoms with Crippen molar-refractivity contribution in [1.82, 2.24) is 15.0 Å². The van der Waals surface area contributed by atoms with E-state index in [1.165, 1.54) is 0 Å². The van der Waals surface area contributed by atoms with Crippen LogP contribution in [0.1, 0.15) is 39.5 Å². The number of hydrogen-bond acceptors (Lipinski definition) is 7. The first-order chi connectivity index (χ1) is 9.38. The lowest BCUT2D eigenvalue weighted by molar-refractivity contribution is 0.0555. The lowest BCUT2D eigenvalue weighted by Gasteiger charge is -2.28. The van der Waals surface area contributed by atoms with Gasteiger partial charge in [0.05, 0.1) is 11.7 Å². The van der Waals surface area contributed by atoms with Gasteiger partial charge in [0, 0.05) is 13.6 Å². The first-order valence-corrected chi connectivity index (χ1v) is 7.00. The summed E-state index contributed by atoms with van der Waals surface area (Å²) in [7, 11) is 1.84. The van der Waals surface area contributed by atoms with Crippen LogP contribution in [0.3, 0.4) is 0 Å². The fourth-order valence-corrected chi connectivity index (χ4v) is 2.50. The Hall–Kier alpha value is -1.63. The lowest BCUT2D eigenvalue weighted by Crippen LogP contribution is -2.40. The summed E-state index contributed by atoms with van der Waals surface area (Å²) >= 11 is 0. The van der Waals surface area contributed by atoms with Crippen LogP contribution in [-0.4, -0.2) is 45.4 Å². The van der Waals surface area contributed by atoms with E-state index in [4.69, 9.17) is 10.5 Å². The molecular formula is C13H23N5O2. The zero-order valence-electron chi connectivity index (χ0n) is 12.3. The molecule has 7 nitrogen and oxygen atoms in total. The maximum atomic E-state index is 10.4. The Kier molecular flexibility index (Phi) is 4.27. The van der Waals surface area contributed by atoms with Gasteiger partial charge in [0.1, 0.15) is 0 Å². The van der Waals surface area contributed by atoms with Gasteiger partial charge in [-0.1, -0.05) is 12.8 Å². The van der Waals surface area contributed by atoms with Gasteiger partial charge >= 0.3 is 6.01 Å². The van der Waals surface area contributed by atoms with Crippen LogP contribution in [-0.2, 0) is 0 Å². The summed E-state index contributed by atoms with van der Waals surface area (Å²) in [6.45, 7) is 4.27. The number of ether oxygens (including phenoxy) is 1. The molecule has 0 aromatic carbocycles. The van der Waals surface area contributed by atoms with Crippen LogP contribution in [0, 0.1) is 0 Å². The van der Waals surface area contributed by atoms with Crippen molar-refractivity contribution in [2.45, 2.75) is 51.2 Å². The highest BCUT2D eigenvalue weighted by Crippen LogP contribution is 2.30. The molecule has 1 saturated carbocycles. The second kappa shape index (κ2) is 5.78. The number of anilines is 2. The van der Waals surface area contributed by atoms with Crippen molar-refractivity contribution in [1.29, 1.82) is 0 Å². The third-order valence-electron chi connectivity index (χ3n) is 3.37. The van der Waals surface area contributed by atoms with Crippen molar-refractivity contribution in [2.75, 3.05) is 24.2 Å². The fraction of sp³-hybridized carbons (Fsp3) is 0.769. The molecular weight excluding hydrogens is 258 g/mol. The number of likely N-dealkylation sites (N-methyl/N-ethyl adjacent to an activating group) is 1. The Morgan fingerprint density at radius 1 is 1.30 bits per heavy atom. The van der Waals surface area contributed by atoms with Gasteiger partial charge < -0.3 is 20.5 Å². The molecule has 1 heterocycles. The SMILES string of the molecule is CC(C)Oc1nc(N)nc(N(C)CC2(O)CCCC2)n1. The van der Waals surface area contributed by atoms with E-state index in [0.717, 1.165) is 25.7 Å². The molecule has 0 saturated heterocycles. The van der Waals surface area contributed by atoms with Crippen molar-refractivity contribution >= 4 is 11.9 Å². The Morgan fingerprint density at radius 3 is 2.55 bits per heavy atom. The van der Waals surface area contributed by atoms with Gasteiger partial charge in [-0.05, 0) is 26.7 Å². The normalized spacial score (nSPS) is 17.4. The summed E-state index contributed by atoms with van der Waals surface area (Å²) in [5, 5.41) is 10.4. The molecule has 2 rings (SSSR count). The molecule has 20 heavy (non-hydrogen) atoms. The molecule has 1 aliphatic rings. The van der Waals surface area contributed by atoms with Crippen molar-refractivity contribution < 1.29 is 9.84 Å². The summed E-state index contributed by atoms with van der Waals surface area (Å²) in [4.78, 5) is 14.1. The molecule has 0 spiro atoms. The highest BCUT2D eigenvalue weighted by atomic mass is 16.5. The van der Waals surface area contributed by atoms with E-state index in [1.54, 1.807) is 4.90 Å². The van der Waals surface area contributed by atoms with Gasteiger partial charge in [0.2, 0.25) is 11.9 Å². The van der Waals surface area contributed by atoms with Gasteiger partial charge in [-0.3, -0.25) is 0 Å². The molecule has 0 radical (unpaired) electrons. The number of nitrogens with two attached hydrogens (primary N) is 1. The van der Waals surface area contributed by atoms with Crippen LogP contribution in [0.4, 0.5) is 11.9 Å². The first-order valence-electron chi connectivity index (χ1n) is 7.00. The molecule has 0 aliphatic heterocycles. The molecule has 0 amide bonds. The summed E-state index contributed by atoms with van der Waals surface area (Å²) in [5.74, 6) is 0.546. The molecule has 112 valence electrons. The maximum Gasteiger partial charge on any atom is 0.323 e. The Labute approximate surface area is 119 Å². The van der Waals surface area contributed by atoms with Gasteiger partial charge in [0.15, 0.2) is 0 Å². The second-order valence-electron chi connectivity index (χ2n) is 5.73. The van der Waals surface area contributed by atoms with Crippen molar-refractivity contribution in [2.24, 2.45) is 0 Å². The monoisotopic (exact) mass is 281 g/mol. The van der Waals surface area contributed by atoms with Gasteiger partial charge in [0.25, 0.3) is 0 Å². The molecule has 1 fully saturated rings. The van der Waals surface area contributed by atoms with Gasteiger partial charge in [-0.25, -0.2) is 0 Å².